The molecule has 1 unspecified atom stereocenters. The molecular formula is C18H15ClN2O3. The van der Waals surface area contributed by atoms with Crippen molar-refractivity contribution in [1.82, 2.24) is 9.88 Å². The van der Waals surface area contributed by atoms with E-state index in [2.05, 4.69) is 5.32 Å². The molecule has 5 nitrogen and oxygen atoms in total. The summed E-state index contributed by atoms with van der Waals surface area (Å²) in [6, 6.07) is 14.8. The van der Waals surface area contributed by atoms with Crippen LogP contribution < -0.4 is 5.32 Å². The number of nitrogens with zero attached hydrogens (tertiary/aromatic N) is 1. The van der Waals surface area contributed by atoms with E-state index >= 15 is 0 Å². The summed E-state index contributed by atoms with van der Waals surface area (Å²) in [5.74, 6) is -1.49. The lowest BCUT2D eigenvalue weighted by molar-refractivity contribution is -0.142. The summed E-state index contributed by atoms with van der Waals surface area (Å²) in [6.45, 7) is 0.0143. The number of hydrogen-bond donors (Lipinski definition) is 2. The second kappa shape index (κ2) is 6.76. The molecule has 24 heavy (non-hydrogen) atoms. The van der Waals surface area contributed by atoms with E-state index in [0.29, 0.717) is 10.6 Å². The van der Waals surface area contributed by atoms with Crippen LogP contribution in [0.2, 0.25) is 5.02 Å². The average Bonchev–Trinajstić information content (AvgIpc) is 2.95. The summed E-state index contributed by atoms with van der Waals surface area (Å²) in [7, 11) is 0. The van der Waals surface area contributed by atoms with Gasteiger partial charge in [-0.05, 0) is 29.1 Å². The van der Waals surface area contributed by atoms with Gasteiger partial charge in [0.25, 0.3) is 0 Å². The molecule has 3 rings (SSSR count). The third kappa shape index (κ3) is 3.41. The summed E-state index contributed by atoms with van der Waals surface area (Å²) >= 11 is 6.00. The summed E-state index contributed by atoms with van der Waals surface area (Å²) < 4.78 is 1.74. The quantitative estimate of drug-likeness (QED) is 0.747. The van der Waals surface area contributed by atoms with Crippen LogP contribution in [0.25, 0.3) is 10.9 Å². The van der Waals surface area contributed by atoms with Crippen LogP contribution in [0.3, 0.4) is 0 Å². The van der Waals surface area contributed by atoms with Crippen LogP contribution in [0.5, 0.6) is 0 Å². The average molecular weight is 343 g/mol. The summed E-state index contributed by atoms with van der Waals surface area (Å²) in [5.41, 5.74) is 1.35. The lowest BCUT2D eigenvalue weighted by atomic mass is 10.1. The number of carboxylic acid groups (broad SMARTS) is 1. The van der Waals surface area contributed by atoms with E-state index in [0.717, 1.165) is 10.9 Å². The smallest absolute Gasteiger partial charge is 0.330 e. The Morgan fingerprint density at radius 3 is 2.58 bits per heavy atom. The van der Waals surface area contributed by atoms with Gasteiger partial charge in [-0.2, -0.15) is 0 Å². The zero-order chi connectivity index (χ0) is 17.1. The number of carbonyl (C=O) groups is 2. The zero-order valence-electron chi connectivity index (χ0n) is 12.6. The van der Waals surface area contributed by atoms with Crippen LogP contribution in [0.1, 0.15) is 11.6 Å². The molecule has 0 radical (unpaired) electrons. The molecule has 2 N–H and O–H groups in total. The number of aliphatic carboxylic acids is 1. The molecule has 3 aromatic rings. The van der Waals surface area contributed by atoms with Gasteiger partial charge < -0.3 is 15.0 Å². The molecule has 6 heteroatoms. The fourth-order valence-corrected chi connectivity index (χ4v) is 2.76. The summed E-state index contributed by atoms with van der Waals surface area (Å²) in [6.07, 6.45) is 1.78. The van der Waals surface area contributed by atoms with Gasteiger partial charge in [-0.25, -0.2) is 4.79 Å². The fourth-order valence-electron chi connectivity index (χ4n) is 2.59. The van der Waals surface area contributed by atoms with Gasteiger partial charge in [0.05, 0.1) is 0 Å². The minimum absolute atomic E-state index is 0.0143. The van der Waals surface area contributed by atoms with E-state index in [1.807, 2.05) is 12.1 Å². The lowest BCUT2D eigenvalue weighted by Crippen LogP contribution is -2.35. The molecule has 0 saturated heterocycles. The van der Waals surface area contributed by atoms with Gasteiger partial charge in [0, 0.05) is 16.7 Å². The number of aromatic nitrogens is 1. The molecule has 1 amide bonds. The second-order valence-electron chi connectivity index (χ2n) is 5.40. The number of carbonyl (C=O) groups excluding carboxylic acids is 1. The molecule has 0 aliphatic heterocycles. The van der Waals surface area contributed by atoms with Crippen LogP contribution in [-0.4, -0.2) is 21.6 Å². The molecule has 1 aromatic heterocycles. The van der Waals surface area contributed by atoms with E-state index in [1.54, 1.807) is 53.2 Å². The number of nitrogens with one attached hydrogen (secondary N) is 1. The molecule has 0 aliphatic carbocycles. The number of carboxylic acids is 1. The zero-order valence-corrected chi connectivity index (χ0v) is 13.4. The van der Waals surface area contributed by atoms with Crippen molar-refractivity contribution >= 4 is 34.4 Å². The predicted molar refractivity (Wildman–Crippen MR) is 91.9 cm³/mol. The highest BCUT2D eigenvalue weighted by molar-refractivity contribution is 6.31. The molecule has 0 aliphatic rings. The van der Waals surface area contributed by atoms with Gasteiger partial charge in [-0.15, -0.1) is 0 Å². The van der Waals surface area contributed by atoms with Crippen molar-refractivity contribution in [2.24, 2.45) is 0 Å². The molecule has 2 aromatic carbocycles. The van der Waals surface area contributed by atoms with Crippen molar-refractivity contribution in [2.75, 3.05) is 0 Å². The van der Waals surface area contributed by atoms with Crippen molar-refractivity contribution in [2.45, 2.75) is 12.6 Å². The first-order chi connectivity index (χ1) is 11.5. The Bertz CT molecular complexity index is 890. The van der Waals surface area contributed by atoms with Crippen molar-refractivity contribution < 1.29 is 14.7 Å². The molecule has 0 spiro atoms. The number of halogens is 1. The lowest BCUT2D eigenvalue weighted by Gasteiger charge is -2.15. The Morgan fingerprint density at radius 1 is 1.12 bits per heavy atom. The van der Waals surface area contributed by atoms with Gasteiger partial charge >= 0.3 is 5.97 Å². The molecule has 0 bridgehead atoms. The number of rotatable bonds is 5. The number of fused-ring (bicyclic) bond motifs is 1. The first kappa shape index (κ1) is 16.1. The van der Waals surface area contributed by atoms with E-state index in [-0.39, 0.29) is 12.5 Å². The van der Waals surface area contributed by atoms with Gasteiger partial charge in [0.1, 0.15) is 6.54 Å². The van der Waals surface area contributed by atoms with Crippen LogP contribution >= 0.6 is 11.6 Å². The Morgan fingerprint density at radius 2 is 1.88 bits per heavy atom. The van der Waals surface area contributed by atoms with Crippen LogP contribution in [0.15, 0.2) is 60.8 Å². The van der Waals surface area contributed by atoms with Crippen molar-refractivity contribution in [1.29, 1.82) is 0 Å². The highest BCUT2D eigenvalue weighted by Crippen LogP contribution is 2.20. The highest BCUT2D eigenvalue weighted by Gasteiger charge is 2.22. The molecule has 0 fully saturated rings. The Labute approximate surface area is 143 Å². The topological polar surface area (TPSA) is 71.3 Å². The highest BCUT2D eigenvalue weighted by atomic mass is 35.5. The first-order valence-corrected chi connectivity index (χ1v) is 7.74. The normalized spacial score (nSPS) is 12.0. The minimum Gasteiger partial charge on any atom is -0.479 e. The Hall–Kier alpha value is -2.79. The predicted octanol–water partition coefficient (Wildman–Crippen LogP) is 3.24. The number of hydrogen-bond acceptors (Lipinski definition) is 2. The summed E-state index contributed by atoms with van der Waals surface area (Å²) in [5, 5.41) is 13.5. The minimum atomic E-state index is -1.10. The van der Waals surface area contributed by atoms with Gasteiger partial charge in [0.15, 0.2) is 6.04 Å². The molecule has 1 heterocycles. The standard InChI is InChI=1S/C18H15ClN2O3/c19-14-7-6-12-8-9-21(15(12)10-14)11-16(22)20-17(18(23)24)13-4-2-1-3-5-13/h1-10,17H,11H2,(H,20,22)(H,23,24). The van der Waals surface area contributed by atoms with Crippen LogP contribution in [-0.2, 0) is 16.1 Å². The Balaban J connectivity index is 1.78. The molecule has 0 saturated carbocycles. The van der Waals surface area contributed by atoms with Crippen LogP contribution in [0, 0.1) is 0 Å². The van der Waals surface area contributed by atoms with Crippen molar-refractivity contribution in [3.63, 3.8) is 0 Å². The maximum absolute atomic E-state index is 12.3. The summed E-state index contributed by atoms with van der Waals surface area (Å²) in [4.78, 5) is 23.8. The fraction of sp³-hybridized carbons (Fsp3) is 0.111. The van der Waals surface area contributed by atoms with Crippen molar-refractivity contribution in [3.05, 3.63) is 71.4 Å². The number of benzene rings is 2. The molecule has 122 valence electrons. The number of amides is 1. The maximum Gasteiger partial charge on any atom is 0.330 e. The Kier molecular flexibility index (Phi) is 4.53. The van der Waals surface area contributed by atoms with Crippen molar-refractivity contribution in [3.8, 4) is 0 Å². The molecule has 1 atom stereocenters. The third-order valence-corrected chi connectivity index (χ3v) is 3.97. The van der Waals surface area contributed by atoms with Crippen LogP contribution in [0.4, 0.5) is 0 Å². The van der Waals surface area contributed by atoms with Gasteiger partial charge in [-0.3, -0.25) is 4.79 Å². The van der Waals surface area contributed by atoms with Gasteiger partial charge in [0.2, 0.25) is 5.91 Å². The maximum atomic E-state index is 12.3. The van der Waals surface area contributed by atoms with E-state index in [1.165, 1.54) is 0 Å². The largest absolute Gasteiger partial charge is 0.479 e. The van der Waals surface area contributed by atoms with E-state index in [4.69, 9.17) is 11.6 Å². The second-order valence-corrected chi connectivity index (χ2v) is 5.83. The first-order valence-electron chi connectivity index (χ1n) is 7.36. The third-order valence-electron chi connectivity index (χ3n) is 3.74. The van der Waals surface area contributed by atoms with Gasteiger partial charge in [-0.1, -0.05) is 48.0 Å². The SMILES string of the molecule is O=C(Cn1ccc2ccc(Cl)cc21)NC(C(=O)O)c1ccccc1. The molecular weight excluding hydrogens is 328 g/mol. The van der Waals surface area contributed by atoms with E-state index in [9.17, 15) is 14.7 Å². The van der Waals surface area contributed by atoms with E-state index < -0.39 is 12.0 Å². The monoisotopic (exact) mass is 342 g/mol.